The fourth-order valence-electron chi connectivity index (χ4n) is 3.32. The molecule has 0 saturated heterocycles. The largest absolute Gasteiger partial charge is 0.383 e. The van der Waals surface area contributed by atoms with E-state index in [9.17, 15) is 9.90 Å². The topological polar surface area (TPSA) is 100 Å². The third-order valence-corrected chi connectivity index (χ3v) is 4.67. The number of aryl methyl sites for hydroxylation is 2. The third kappa shape index (κ3) is 3.82. The lowest BCUT2D eigenvalue weighted by Gasteiger charge is -2.34. The molecule has 7 nitrogen and oxygen atoms in total. The SMILES string of the molecule is CCC(NC(=O)NCC1(O)CCCc2ccccc21)c1noc(C)n1. The number of aliphatic hydroxyl groups is 1. The van der Waals surface area contributed by atoms with Crippen molar-refractivity contribution in [3.05, 3.63) is 47.1 Å². The lowest BCUT2D eigenvalue weighted by atomic mass is 9.79. The summed E-state index contributed by atoms with van der Waals surface area (Å²) in [5, 5.41) is 20.5. The summed E-state index contributed by atoms with van der Waals surface area (Å²) in [7, 11) is 0. The molecule has 1 aliphatic rings. The summed E-state index contributed by atoms with van der Waals surface area (Å²) < 4.78 is 4.97. The quantitative estimate of drug-likeness (QED) is 0.773. The molecule has 0 aliphatic heterocycles. The van der Waals surface area contributed by atoms with Crippen molar-refractivity contribution in [2.75, 3.05) is 6.54 Å². The van der Waals surface area contributed by atoms with Gasteiger partial charge in [0.05, 0.1) is 12.6 Å². The van der Waals surface area contributed by atoms with Crippen molar-refractivity contribution in [1.82, 2.24) is 20.8 Å². The standard InChI is InChI=1S/C18H24N4O3/c1-3-15(16-20-12(2)25-22-16)21-17(23)19-11-18(24)10-6-8-13-7-4-5-9-14(13)18/h4-5,7,9,15,24H,3,6,8,10-11H2,1-2H3,(H2,19,21,23). The maximum atomic E-state index is 12.3. The second-order valence-corrected chi connectivity index (χ2v) is 6.50. The highest BCUT2D eigenvalue weighted by molar-refractivity contribution is 5.74. The number of amides is 2. The minimum atomic E-state index is -1.03. The van der Waals surface area contributed by atoms with Gasteiger partial charge in [-0.1, -0.05) is 36.3 Å². The second kappa shape index (κ2) is 7.23. The van der Waals surface area contributed by atoms with E-state index in [0.717, 1.165) is 24.0 Å². The van der Waals surface area contributed by atoms with Crippen molar-refractivity contribution in [3.8, 4) is 0 Å². The van der Waals surface area contributed by atoms with Crippen molar-refractivity contribution in [3.63, 3.8) is 0 Å². The van der Waals surface area contributed by atoms with Gasteiger partial charge in [-0.2, -0.15) is 4.98 Å². The van der Waals surface area contributed by atoms with Gasteiger partial charge in [0.1, 0.15) is 5.60 Å². The fraction of sp³-hybridized carbons (Fsp3) is 0.500. The first kappa shape index (κ1) is 17.4. The maximum Gasteiger partial charge on any atom is 0.315 e. The number of benzene rings is 1. The molecule has 0 saturated carbocycles. The van der Waals surface area contributed by atoms with E-state index in [-0.39, 0.29) is 18.6 Å². The molecule has 3 N–H and O–H groups in total. The first-order chi connectivity index (χ1) is 12.0. The Morgan fingerprint density at radius 3 is 2.96 bits per heavy atom. The Morgan fingerprint density at radius 2 is 2.24 bits per heavy atom. The summed E-state index contributed by atoms with van der Waals surface area (Å²) in [6.07, 6.45) is 3.13. The number of hydrogen-bond acceptors (Lipinski definition) is 5. The first-order valence-corrected chi connectivity index (χ1v) is 8.67. The van der Waals surface area contributed by atoms with E-state index >= 15 is 0 Å². The molecule has 1 aliphatic carbocycles. The molecule has 2 atom stereocenters. The highest BCUT2D eigenvalue weighted by atomic mass is 16.5. The number of carbonyl (C=O) groups excluding carboxylic acids is 1. The van der Waals surface area contributed by atoms with Gasteiger partial charge in [-0.3, -0.25) is 0 Å². The molecule has 1 heterocycles. The van der Waals surface area contributed by atoms with Crippen molar-refractivity contribution in [2.45, 2.75) is 51.2 Å². The number of aromatic nitrogens is 2. The van der Waals surface area contributed by atoms with E-state index in [1.807, 2.05) is 31.2 Å². The van der Waals surface area contributed by atoms with Gasteiger partial charge in [0.25, 0.3) is 0 Å². The smallest absolute Gasteiger partial charge is 0.315 e. The predicted octanol–water partition coefficient (Wildman–Crippen LogP) is 2.35. The fourth-order valence-corrected chi connectivity index (χ4v) is 3.32. The average Bonchev–Trinajstić information content (AvgIpc) is 3.05. The number of nitrogens with zero attached hydrogens (tertiary/aromatic N) is 2. The van der Waals surface area contributed by atoms with E-state index in [4.69, 9.17) is 4.52 Å². The van der Waals surface area contributed by atoms with Crippen LogP contribution >= 0.6 is 0 Å². The third-order valence-electron chi connectivity index (χ3n) is 4.67. The molecular weight excluding hydrogens is 320 g/mol. The van der Waals surface area contributed by atoms with Crippen LogP contribution in [0.25, 0.3) is 0 Å². The molecule has 1 aromatic carbocycles. The second-order valence-electron chi connectivity index (χ2n) is 6.50. The van der Waals surface area contributed by atoms with Crippen molar-refractivity contribution in [1.29, 1.82) is 0 Å². The van der Waals surface area contributed by atoms with Crippen LogP contribution in [0.2, 0.25) is 0 Å². The lowest BCUT2D eigenvalue weighted by Crippen LogP contribution is -2.47. The summed E-state index contributed by atoms with van der Waals surface area (Å²) in [6.45, 7) is 3.80. The van der Waals surface area contributed by atoms with E-state index < -0.39 is 5.60 Å². The molecule has 25 heavy (non-hydrogen) atoms. The molecule has 0 bridgehead atoms. The van der Waals surface area contributed by atoms with Crippen LogP contribution in [0.4, 0.5) is 4.79 Å². The van der Waals surface area contributed by atoms with Crippen LogP contribution in [0.1, 0.15) is 55.1 Å². The van der Waals surface area contributed by atoms with Crippen molar-refractivity contribution >= 4 is 6.03 Å². The van der Waals surface area contributed by atoms with Crippen molar-refractivity contribution in [2.24, 2.45) is 0 Å². The zero-order chi connectivity index (χ0) is 17.9. The van der Waals surface area contributed by atoms with E-state index in [1.54, 1.807) is 6.92 Å². The van der Waals surface area contributed by atoms with Crippen LogP contribution in [0.3, 0.4) is 0 Å². The molecule has 0 spiro atoms. The van der Waals surface area contributed by atoms with Gasteiger partial charge in [-0.15, -0.1) is 0 Å². The molecule has 2 unspecified atom stereocenters. The number of carbonyl (C=O) groups is 1. The summed E-state index contributed by atoms with van der Waals surface area (Å²) in [6, 6.07) is 7.18. The molecule has 2 amide bonds. The molecule has 1 aromatic heterocycles. The Labute approximate surface area is 146 Å². The Bertz CT molecular complexity index is 745. The number of rotatable bonds is 5. The zero-order valence-corrected chi connectivity index (χ0v) is 14.6. The minimum absolute atomic E-state index is 0.164. The first-order valence-electron chi connectivity index (χ1n) is 8.67. The van der Waals surface area contributed by atoms with Gasteiger partial charge in [0.15, 0.2) is 5.82 Å². The molecule has 0 fully saturated rings. The number of urea groups is 1. The van der Waals surface area contributed by atoms with Gasteiger partial charge >= 0.3 is 6.03 Å². The summed E-state index contributed by atoms with van der Waals surface area (Å²) >= 11 is 0. The summed E-state index contributed by atoms with van der Waals surface area (Å²) in [5.41, 5.74) is 1.02. The van der Waals surface area contributed by atoms with Crippen LogP contribution in [-0.2, 0) is 12.0 Å². The Hall–Kier alpha value is -2.41. The average molecular weight is 344 g/mol. The van der Waals surface area contributed by atoms with Crippen LogP contribution in [0.15, 0.2) is 28.8 Å². The van der Waals surface area contributed by atoms with Crippen LogP contribution in [0.5, 0.6) is 0 Å². The van der Waals surface area contributed by atoms with Crippen LogP contribution in [-0.4, -0.2) is 27.8 Å². The maximum absolute atomic E-state index is 12.3. The van der Waals surface area contributed by atoms with Gasteiger partial charge in [0.2, 0.25) is 5.89 Å². The summed E-state index contributed by atoms with van der Waals surface area (Å²) in [4.78, 5) is 16.4. The lowest BCUT2D eigenvalue weighted by molar-refractivity contribution is 0.0216. The number of hydrogen-bond donors (Lipinski definition) is 3. The monoisotopic (exact) mass is 344 g/mol. The van der Waals surface area contributed by atoms with Crippen molar-refractivity contribution < 1.29 is 14.4 Å². The van der Waals surface area contributed by atoms with Gasteiger partial charge < -0.3 is 20.3 Å². The number of fused-ring (bicyclic) bond motifs is 1. The van der Waals surface area contributed by atoms with Gasteiger partial charge in [-0.05, 0) is 36.8 Å². The molecule has 2 aromatic rings. The Balaban J connectivity index is 1.62. The predicted molar refractivity (Wildman–Crippen MR) is 91.9 cm³/mol. The molecule has 0 radical (unpaired) electrons. The molecule has 7 heteroatoms. The Kier molecular flexibility index (Phi) is 5.03. The minimum Gasteiger partial charge on any atom is -0.383 e. The normalized spacial score (nSPS) is 20.6. The summed E-state index contributed by atoms with van der Waals surface area (Å²) in [5.74, 6) is 0.917. The number of nitrogens with one attached hydrogen (secondary N) is 2. The molecule has 3 rings (SSSR count). The van der Waals surface area contributed by atoms with E-state index in [1.165, 1.54) is 0 Å². The van der Waals surface area contributed by atoms with Crippen LogP contribution < -0.4 is 10.6 Å². The van der Waals surface area contributed by atoms with E-state index in [2.05, 4.69) is 20.8 Å². The highest BCUT2D eigenvalue weighted by Crippen LogP contribution is 2.34. The zero-order valence-electron chi connectivity index (χ0n) is 14.6. The highest BCUT2D eigenvalue weighted by Gasteiger charge is 2.34. The molecular formula is C18H24N4O3. The Morgan fingerprint density at radius 1 is 1.44 bits per heavy atom. The molecule has 134 valence electrons. The van der Waals surface area contributed by atoms with Crippen LogP contribution in [0, 0.1) is 6.92 Å². The van der Waals surface area contributed by atoms with Gasteiger partial charge in [-0.25, -0.2) is 4.79 Å². The van der Waals surface area contributed by atoms with Gasteiger partial charge in [0, 0.05) is 6.92 Å². The van der Waals surface area contributed by atoms with E-state index in [0.29, 0.717) is 24.6 Å².